The van der Waals surface area contributed by atoms with Gasteiger partial charge in [-0.25, -0.2) is 8.42 Å². The van der Waals surface area contributed by atoms with E-state index in [0.717, 1.165) is 29.5 Å². The van der Waals surface area contributed by atoms with Gasteiger partial charge in [0.15, 0.2) is 5.66 Å². The van der Waals surface area contributed by atoms with Crippen molar-refractivity contribution >= 4 is 22.6 Å². The lowest BCUT2D eigenvalue weighted by Gasteiger charge is -2.61. The average molecular weight is 438 g/mol. The Morgan fingerprint density at radius 3 is 2.65 bits per heavy atom. The van der Waals surface area contributed by atoms with Gasteiger partial charge >= 0.3 is 0 Å². The molecule has 2 fully saturated rings. The van der Waals surface area contributed by atoms with Gasteiger partial charge in [-0.15, -0.1) is 0 Å². The Kier molecular flexibility index (Phi) is 4.61. The quantitative estimate of drug-likeness (QED) is 0.692. The second kappa shape index (κ2) is 7.00. The summed E-state index contributed by atoms with van der Waals surface area (Å²) in [6.45, 7) is 7.80. The molecule has 2 aromatic rings. The summed E-state index contributed by atoms with van der Waals surface area (Å²) >= 11 is 0. The summed E-state index contributed by atoms with van der Waals surface area (Å²) < 4.78 is 29.3. The van der Waals surface area contributed by atoms with E-state index in [9.17, 15) is 13.2 Å². The standard InChI is InChI=1S/C24H27N3O3S/c1-16-8-6-10-19(14-16)31(29,30)27-21-12-7-13-22(27)24(25-3)20-11-5-4-9-18(20)15-17(2)26(24)23(21)28/h4-6,8-11,14,17,21-22H,3,7,12-13,15H2,1-2H3/t17-,21-,22?,24+/m0/s1. The number of piperazine rings is 1. The SMILES string of the molecule is C=N[C@]12c3ccccc3C[C@H](C)N1C(=O)[C@@H]1CCCC2N1S(=O)(=O)c1cccc(C)c1. The second-order valence-electron chi connectivity index (χ2n) is 8.92. The third-order valence-electron chi connectivity index (χ3n) is 7.10. The molecule has 0 spiro atoms. The first-order chi connectivity index (χ1) is 14.8. The van der Waals surface area contributed by atoms with E-state index in [2.05, 4.69) is 17.8 Å². The van der Waals surface area contributed by atoms with Crippen LogP contribution in [0.15, 0.2) is 58.4 Å². The van der Waals surface area contributed by atoms with Gasteiger partial charge in [-0.3, -0.25) is 9.79 Å². The average Bonchev–Trinajstić information content (AvgIpc) is 2.76. The van der Waals surface area contributed by atoms with Gasteiger partial charge in [0.25, 0.3) is 0 Å². The minimum Gasteiger partial charge on any atom is -0.308 e. The molecule has 0 radical (unpaired) electrons. The van der Waals surface area contributed by atoms with E-state index in [1.807, 2.05) is 43.0 Å². The molecule has 0 aromatic heterocycles. The second-order valence-corrected chi connectivity index (χ2v) is 10.8. The van der Waals surface area contributed by atoms with E-state index in [4.69, 9.17) is 0 Å². The first-order valence-electron chi connectivity index (χ1n) is 10.8. The van der Waals surface area contributed by atoms with Gasteiger partial charge in [-0.05, 0) is 69.5 Å². The molecular formula is C24H27N3O3S. The molecule has 5 rings (SSSR count). The van der Waals surface area contributed by atoms with Crippen molar-refractivity contribution in [2.45, 2.75) is 68.2 Å². The molecule has 0 aliphatic carbocycles. The Hall–Kier alpha value is -2.51. The Labute approximate surface area is 183 Å². The number of hydrogen-bond acceptors (Lipinski definition) is 4. The van der Waals surface area contributed by atoms with Gasteiger partial charge in [-0.1, -0.05) is 36.4 Å². The number of fused-ring (bicyclic) bond motifs is 6. The van der Waals surface area contributed by atoms with Crippen LogP contribution < -0.4 is 0 Å². The van der Waals surface area contributed by atoms with Crippen LogP contribution in [-0.4, -0.2) is 48.4 Å². The summed E-state index contributed by atoms with van der Waals surface area (Å²) in [5.74, 6) is -0.165. The maximum atomic E-state index is 13.9. The van der Waals surface area contributed by atoms with Gasteiger partial charge in [0.2, 0.25) is 15.9 Å². The predicted molar refractivity (Wildman–Crippen MR) is 119 cm³/mol. The Bertz CT molecular complexity index is 1180. The van der Waals surface area contributed by atoms with Crippen molar-refractivity contribution in [2.75, 3.05) is 0 Å². The van der Waals surface area contributed by atoms with Crippen molar-refractivity contribution in [3.05, 3.63) is 65.2 Å². The van der Waals surface area contributed by atoms with E-state index in [0.29, 0.717) is 12.8 Å². The van der Waals surface area contributed by atoms with Crippen LogP contribution in [-0.2, 0) is 26.9 Å². The number of amides is 1. The van der Waals surface area contributed by atoms with Gasteiger partial charge in [0, 0.05) is 11.6 Å². The van der Waals surface area contributed by atoms with Crippen molar-refractivity contribution in [2.24, 2.45) is 4.99 Å². The van der Waals surface area contributed by atoms with Gasteiger partial charge in [0.1, 0.15) is 6.04 Å². The molecule has 3 heterocycles. The first-order valence-corrected chi connectivity index (χ1v) is 12.3. The third-order valence-corrected chi connectivity index (χ3v) is 9.01. The van der Waals surface area contributed by atoms with Gasteiger partial charge in [0.05, 0.1) is 10.9 Å². The summed E-state index contributed by atoms with van der Waals surface area (Å²) in [7, 11) is -3.90. The maximum Gasteiger partial charge on any atom is 0.244 e. The van der Waals surface area contributed by atoms with Crippen LogP contribution in [0.25, 0.3) is 0 Å². The van der Waals surface area contributed by atoms with Crippen LogP contribution in [0, 0.1) is 6.92 Å². The molecule has 3 aliphatic rings. The molecular weight excluding hydrogens is 410 g/mol. The number of piperidine rings is 1. The lowest BCUT2D eigenvalue weighted by molar-refractivity contribution is -0.166. The largest absolute Gasteiger partial charge is 0.308 e. The van der Waals surface area contributed by atoms with Crippen molar-refractivity contribution < 1.29 is 13.2 Å². The van der Waals surface area contributed by atoms with Gasteiger partial charge < -0.3 is 4.90 Å². The highest BCUT2D eigenvalue weighted by Gasteiger charge is 2.64. The zero-order valence-electron chi connectivity index (χ0n) is 17.9. The Morgan fingerprint density at radius 1 is 1.13 bits per heavy atom. The van der Waals surface area contributed by atoms with E-state index in [-0.39, 0.29) is 16.8 Å². The number of rotatable bonds is 3. The predicted octanol–water partition coefficient (Wildman–Crippen LogP) is 3.25. The highest BCUT2D eigenvalue weighted by molar-refractivity contribution is 7.89. The Morgan fingerprint density at radius 2 is 1.90 bits per heavy atom. The molecule has 1 unspecified atom stereocenters. The normalized spacial score (nSPS) is 30.5. The topological polar surface area (TPSA) is 70.1 Å². The number of carbonyl (C=O) groups excluding carboxylic acids is 1. The number of aryl methyl sites for hydroxylation is 1. The molecule has 0 saturated carbocycles. The van der Waals surface area contributed by atoms with E-state index >= 15 is 0 Å². The fraction of sp³-hybridized carbons (Fsp3) is 0.417. The summed E-state index contributed by atoms with van der Waals surface area (Å²) in [6, 6.07) is 13.6. The molecule has 6 nitrogen and oxygen atoms in total. The molecule has 0 N–H and O–H groups in total. The van der Waals surface area contributed by atoms with E-state index < -0.39 is 27.8 Å². The monoisotopic (exact) mass is 437 g/mol. The van der Waals surface area contributed by atoms with E-state index in [1.54, 1.807) is 18.2 Å². The minimum atomic E-state index is -3.90. The number of sulfonamides is 1. The van der Waals surface area contributed by atoms with Crippen LogP contribution >= 0.6 is 0 Å². The van der Waals surface area contributed by atoms with Crippen LogP contribution in [0.5, 0.6) is 0 Å². The van der Waals surface area contributed by atoms with Crippen molar-refractivity contribution in [1.29, 1.82) is 0 Å². The number of aliphatic imine (C=N–C) groups is 1. The van der Waals surface area contributed by atoms with E-state index in [1.165, 1.54) is 4.31 Å². The zero-order valence-corrected chi connectivity index (χ0v) is 18.7. The maximum absolute atomic E-state index is 13.9. The van der Waals surface area contributed by atoms with Crippen LogP contribution in [0.2, 0.25) is 0 Å². The minimum absolute atomic E-state index is 0.0835. The molecule has 2 saturated heterocycles. The van der Waals surface area contributed by atoms with Crippen molar-refractivity contribution in [3.8, 4) is 0 Å². The van der Waals surface area contributed by atoms with Crippen LogP contribution in [0.4, 0.5) is 0 Å². The fourth-order valence-electron chi connectivity index (χ4n) is 5.90. The van der Waals surface area contributed by atoms with Crippen LogP contribution in [0.1, 0.15) is 42.9 Å². The lowest BCUT2D eigenvalue weighted by Crippen LogP contribution is -2.76. The third kappa shape index (κ3) is 2.69. The molecule has 2 aromatic carbocycles. The number of nitrogens with zero attached hydrogens (tertiary/aromatic N) is 3. The summed E-state index contributed by atoms with van der Waals surface area (Å²) in [5, 5.41) is 0. The highest BCUT2D eigenvalue weighted by atomic mass is 32.2. The molecule has 2 bridgehead atoms. The Balaban J connectivity index is 1.76. The fourth-order valence-corrected chi connectivity index (χ4v) is 7.85. The lowest BCUT2D eigenvalue weighted by atomic mass is 9.73. The number of benzene rings is 2. The smallest absolute Gasteiger partial charge is 0.244 e. The highest BCUT2D eigenvalue weighted by Crippen LogP contribution is 2.52. The molecule has 3 aliphatic heterocycles. The summed E-state index contributed by atoms with van der Waals surface area (Å²) in [4.78, 5) is 20.5. The summed E-state index contributed by atoms with van der Waals surface area (Å²) in [6.07, 6.45) is 2.66. The molecule has 1 amide bonds. The molecule has 4 atom stereocenters. The van der Waals surface area contributed by atoms with Crippen LogP contribution in [0.3, 0.4) is 0 Å². The molecule has 162 valence electrons. The van der Waals surface area contributed by atoms with Crippen molar-refractivity contribution in [3.63, 3.8) is 0 Å². The molecule has 7 heteroatoms. The first kappa shape index (κ1) is 20.4. The van der Waals surface area contributed by atoms with Gasteiger partial charge in [-0.2, -0.15) is 4.31 Å². The zero-order chi connectivity index (χ0) is 22.0. The number of carbonyl (C=O) groups is 1. The molecule has 31 heavy (non-hydrogen) atoms. The van der Waals surface area contributed by atoms with Crippen molar-refractivity contribution in [1.82, 2.24) is 9.21 Å². The number of hydrogen-bond donors (Lipinski definition) is 0. The summed E-state index contributed by atoms with van der Waals surface area (Å²) in [5.41, 5.74) is 1.75.